The van der Waals surface area contributed by atoms with Gasteiger partial charge in [0.1, 0.15) is 0 Å². The van der Waals surface area contributed by atoms with Gasteiger partial charge in [0, 0.05) is 13.0 Å². The van der Waals surface area contributed by atoms with Crippen molar-refractivity contribution in [3.63, 3.8) is 0 Å². The molecule has 1 aromatic carbocycles. The average Bonchev–Trinajstić information content (AvgIpc) is 2.30. The third-order valence-electron chi connectivity index (χ3n) is 2.92. The number of aryl methyl sites for hydroxylation is 1. The number of benzene rings is 1. The van der Waals surface area contributed by atoms with E-state index in [2.05, 4.69) is 0 Å². The summed E-state index contributed by atoms with van der Waals surface area (Å²) in [5, 5.41) is 0. The molecule has 5 heteroatoms. The molecule has 0 spiro atoms. The van der Waals surface area contributed by atoms with Crippen molar-refractivity contribution in [1.29, 1.82) is 0 Å². The SMILES string of the molecule is Cc1ccc(S(=O)(=O)C2(Cl)CCCCO2)cc1. The van der Waals surface area contributed by atoms with Crippen molar-refractivity contribution in [1.82, 2.24) is 0 Å². The first-order chi connectivity index (χ1) is 7.96. The molecule has 0 N–H and O–H groups in total. The van der Waals surface area contributed by atoms with Crippen molar-refractivity contribution in [3.05, 3.63) is 29.8 Å². The predicted octanol–water partition coefficient (Wildman–Crippen LogP) is 2.86. The molecule has 94 valence electrons. The quantitative estimate of drug-likeness (QED) is 0.779. The zero-order valence-electron chi connectivity index (χ0n) is 9.65. The first-order valence-electron chi connectivity index (χ1n) is 5.60. The molecule has 1 aliphatic rings. The minimum atomic E-state index is -3.64. The molecule has 17 heavy (non-hydrogen) atoms. The van der Waals surface area contributed by atoms with Crippen molar-refractivity contribution in [2.45, 2.75) is 35.5 Å². The second-order valence-electron chi connectivity index (χ2n) is 4.28. The van der Waals surface area contributed by atoms with Gasteiger partial charge in [0.2, 0.25) is 14.2 Å². The molecular weight excluding hydrogens is 260 g/mol. The van der Waals surface area contributed by atoms with Gasteiger partial charge in [-0.05, 0) is 31.9 Å². The Hall–Kier alpha value is -0.580. The molecule has 1 aliphatic heterocycles. The standard InChI is InChI=1S/C12H15ClO3S/c1-10-4-6-11(7-5-10)17(14,15)12(13)8-2-3-9-16-12/h4-7H,2-3,8-9H2,1H3. The second-order valence-corrected chi connectivity index (χ2v) is 7.25. The Labute approximate surface area is 107 Å². The second kappa shape index (κ2) is 4.59. The van der Waals surface area contributed by atoms with E-state index in [1.807, 2.05) is 6.92 Å². The lowest BCUT2D eigenvalue weighted by Gasteiger charge is -2.30. The lowest BCUT2D eigenvalue weighted by Crippen LogP contribution is -2.38. The molecule has 0 aliphatic carbocycles. The van der Waals surface area contributed by atoms with Gasteiger partial charge in [0.15, 0.2) is 0 Å². The highest BCUT2D eigenvalue weighted by molar-refractivity contribution is 7.94. The molecule has 0 bridgehead atoms. The van der Waals surface area contributed by atoms with E-state index in [9.17, 15) is 8.42 Å². The van der Waals surface area contributed by atoms with Gasteiger partial charge in [0.25, 0.3) is 0 Å². The first kappa shape index (κ1) is 12.9. The number of hydrogen-bond acceptors (Lipinski definition) is 3. The molecule has 3 nitrogen and oxygen atoms in total. The van der Waals surface area contributed by atoms with Crippen LogP contribution in [0.5, 0.6) is 0 Å². The number of rotatable bonds is 2. The molecule has 0 aromatic heterocycles. The van der Waals surface area contributed by atoms with E-state index in [1.54, 1.807) is 24.3 Å². The first-order valence-corrected chi connectivity index (χ1v) is 7.46. The Bertz CT molecular complexity index is 487. The fourth-order valence-electron chi connectivity index (χ4n) is 1.84. The number of halogens is 1. The zero-order chi connectivity index (χ0) is 12.5. The van der Waals surface area contributed by atoms with Crippen LogP contribution in [0.1, 0.15) is 24.8 Å². The molecule has 1 saturated heterocycles. The Morgan fingerprint density at radius 3 is 2.41 bits per heavy atom. The van der Waals surface area contributed by atoms with E-state index in [0.717, 1.165) is 18.4 Å². The summed E-state index contributed by atoms with van der Waals surface area (Å²) in [4.78, 5) is 0.222. The van der Waals surface area contributed by atoms with E-state index in [-0.39, 0.29) is 4.90 Å². The number of alkyl halides is 1. The summed E-state index contributed by atoms with van der Waals surface area (Å²) in [6.45, 7) is 2.30. The Kier molecular flexibility index (Phi) is 3.48. The third-order valence-corrected chi connectivity index (χ3v) is 5.84. The Balaban J connectivity index is 2.38. The van der Waals surface area contributed by atoms with Crippen molar-refractivity contribution < 1.29 is 13.2 Å². The maximum Gasteiger partial charge on any atom is 0.248 e. The highest BCUT2D eigenvalue weighted by Crippen LogP contribution is 2.38. The molecule has 0 saturated carbocycles. The summed E-state index contributed by atoms with van der Waals surface area (Å²) in [6.07, 6.45) is 1.97. The Morgan fingerprint density at radius 1 is 1.24 bits per heavy atom. The zero-order valence-corrected chi connectivity index (χ0v) is 11.2. The van der Waals surface area contributed by atoms with Crippen LogP contribution in [0.4, 0.5) is 0 Å². The lowest BCUT2D eigenvalue weighted by molar-refractivity contribution is 0.0377. The third kappa shape index (κ3) is 2.34. The molecule has 0 amide bonds. The van der Waals surface area contributed by atoms with E-state index in [0.29, 0.717) is 13.0 Å². The van der Waals surface area contributed by atoms with Crippen LogP contribution in [-0.4, -0.2) is 19.4 Å². The molecule has 1 aromatic rings. The molecule has 1 unspecified atom stereocenters. The smallest absolute Gasteiger partial charge is 0.248 e. The van der Waals surface area contributed by atoms with E-state index >= 15 is 0 Å². The van der Waals surface area contributed by atoms with Crippen molar-refractivity contribution in [2.75, 3.05) is 6.61 Å². The fourth-order valence-corrected chi connectivity index (χ4v) is 3.82. The molecule has 2 rings (SSSR count). The highest BCUT2D eigenvalue weighted by atomic mass is 35.5. The van der Waals surface area contributed by atoms with Gasteiger partial charge in [-0.25, -0.2) is 8.42 Å². The van der Waals surface area contributed by atoms with Gasteiger partial charge in [-0.15, -0.1) is 0 Å². The summed E-state index contributed by atoms with van der Waals surface area (Å²) in [6, 6.07) is 6.67. The largest absolute Gasteiger partial charge is 0.346 e. The van der Waals surface area contributed by atoms with E-state index in [1.165, 1.54) is 0 Å². The number of ether oxygens (including phenoxy) is 1. The number of sulfone groups is 1. The van der Waals surface area contributed by atoms with Crippen LogP contribution >= 0.6 is 11.6 Å². The highest BCUT2D eigenvalue weighted by Gasteiger charge is 2.45. The molecule has 1 fully saturated rings. The summed E-state index contributed by atoms with van der Waals surface area (Å²) in [7, 11) is -3.64. The summed E-state index contributed by atoms with van der Waals surface area (Å²) in [5.41, 5.74) is 1.01. The van der Waals surface area contributed by atoms with Crippen LogP contribution < -0.4 is 0 Å². The van der Waals surface area contributed by atoms with Crippen molar-refractivity contribution >= 4 is 21.4 Å². The molecule has 1 atom stereocenters. The number of hydrogen-bond donors (Lipinski definition) is 0. The summed E-state index contributed by atoms with van der Waals surface area (Å²) < 4.78 is 28.4. The van der Waals surface area contributed by atoms with Crippen LogP contribution in [0.3, 0.4) is 0 Å². The van der Waals surface area contributed by atoms with Gasteiger partial charge >= 0.3 is 0 Å². The van der Waals surface area contributed by atoms with Crippen LogP contribution in [0.15, 0.2) is 29.2 Å². The monoisotopic (exact) mass is 274 g/mol. The normalized spacial score (nSPS) is 25.8. The van der Waals surface area contributed by atoms with Crippen molar-refractivity contribution in [2.24, 2.45) is 0 Å². The maximum absolute atomic E-state index is 12.4. The summed E-state index contributed by atoms with van der Waals surface area (Å²) in [5.74, 6) is 0. The average molecular weight is 275 g/mol. The van der Waals surface area contributed by atoms with E-state index < -0.39 is 14.2 Å². The van der Waals surface area contributed by atoms with Crippen LogP contribution in [0.25, 0.3) is 0 Å². The maximum atomic E-state index is 12.4. The minimum Gasteiger partial charge on any atom is -0.346 e. The molecule has 1 heterocycles. The van der Waals surface area contributed by atoms with Crippen LogP contribution in [0, 0.1) is 6.92 Å². The fraction of sp³-hybridized carbons (Fsp3) is 0.500. The predicted molar refractivity (Wildman–Crippen MR) is 66.8 cm³/mol. The lowest BCUT2D eigenvalue weighted by atomic mass is 10.2. The minimum absolute atomic E-state index is 0.222. The van der Waals surface area contributed by atoms with Crippen LogP contribution in [-0.2, 0) is 14.6 Å². The van der Waals surface area contributed by atoms with Gasteiger partial charge in [-0.3, -0.25) is 0 Å². The van der Waals surface area contributed by atoms with E-state index in [4.69, 9.17) is 16.3 Å². The Morgan fingerprint density at radius 2 is 1.88 bits per heavy atom. The molecular formula is C12H15ClO3S. The van der Waals surface area contributed by atoms with Gasteiger partial charge in [-0.2, -0.15) is 0 Å². The summed E-state index contributed by atoms with van der Waals surface area (Å²) >= 11 is 6.13. The van der Waals surface area contributed by atoms with Crippen LogP contribution in [0.2, 0.25) is 0 Å². The van der Waals surface area contributed by atoms with Gasteiger partial charge in [0.05, 0.1) is 4.90 Å². The van der Waals surface area contributed by atoms with Crippen molar-refractivity contribution in [3.8, 4) is 0 Å². The van der Waals surface area contributed by atoms with Gasteiger partial charge < -0.3 is 4.74 Å². The molecule has 0 radical (unpaired) electrons. The van der Waals surface area contributed by atoms with Gasteiger partial charge in [-0.1, -0.05) is 29.3 Å². The topological polar surface area (TPSA) is 43.4 Å².